The van der Waals surface area contributed by atoms with Gasteiger partial charge in [-0.1, -0.05) is 31.2 Å². The van der Waals surface area contributed by atoms with E-state index in [-0.39, 0.29) is 5.91 Å². The molecular weight excluding hydrogens is 264 g/mol. The summed E-state index contributed by atoms with van der Waals surface area (Å²) >= 11 is 0. The van der Waals surface area contributed by atoms with E-state index in [1.807, 2.05) is 49.4 Å². The first-order chi connectivity index (χ1) is 10.2. The maximum Gasteiger partial charge on any atom is 0.227 e. The number of hydrogen-bond acceptors (Lipinski definition) is 3. The standard InChI is InChI=1S/C17H20N2O2/c1-2-13-8-9-14(12-16(13)18)19-17(20)10-11-21-15-6-4-3-5-7-15/h3-9,12H,2,10-11,18H2,1H3,(H,19,20). The predicted molar refractivity (Wildman–Crippen MR) is 85.4 cm³/mol. The molecule has 0 fully saturated rings. The maximum absolute atomic E-state index is 11.8. The van der Waals surface area contributed by atoms with Gasteiger partial charge in [0.1, 0.15) is 5.75 Å². The Bertz CT molecular complexity index is 597. The van der Waals surface area contributed by atoms with Crippen molar-refractivity contribution in [2.45, 2.75) is 19.8 Å². The largest absolute Gasteiger partial charge is 0.493 e. The molecular formula is C17H20N2O2. The highest BCUT2D eigenvalue weighted by Crippen LogP contribution is 2.18. The molecule has 0 heterocycles. The molecule has 0 radical (unpaired) electrons. The van der Waals surface area contributed by atoms with Gasteiger partial charge < -0.3 is 15.8 Å². The third kappa shape index (κ3) is 4.53. The number of hydrogen-bond donors (Lipinski definition) is 2. The Morgan fingerprint density at radius 1 is 1.19 bits per heavy atom. The third-order valence-electron chi connectivity index (χ3n) is 3.15. The molecule has 4 nitrogen and oxygen atoms in total. The van der Waals surface area contributed by atoms with Crippen molar-refractivity contribution in [2.24, 2.45) is 0 Å². The number of para-hydroxylation sites is 1. The second-order valence-electron chi connectivity index (χ2n) is 4.73. The van der Waals surface area contributed by atoms with E-state index in [9.17, 15) is 4.79 Å². The van der Waals surface area contributed by atoms with E-state index in [1.54, 1.807) is 6.07 Å². The van der Waals surface area contributed by atoms with E-state index < -0.39 is 0 Å². The smallest absolute Gasteiger partial charge is 0.227 e. The summed E-state index contributed by atoms with van der Waals surface area (Å²) in [5, 5.41) is 2.82. The SMILES string of the molecule is CCc1ccc(NC(=O)CCOc2ccccc2)cc1N. The molecule has 3 N–H and O–H groups in total. The highest BCUT2D eigenvalue weighted by atomic mass is 16.5. The Balaban J connectivity index is 1.80. The number of rotatable bonds is 6. The van der Waals surface area contributed by atoms with Crippen molar-refractivity contribution in [1.82, 2.24) is 0 Å². The van der Waals surface area contributed by atoms with Crippen LogP contribution in [0.1, 0.15) is 18.9 Å². The molecule has 0 unspecified atom stereocenters. The summed E-state index contributed by atoms with van der Waals surface area (Å²) in [7, 11) is 0. The van der Waals surface area contributed by atoms with Gasteiger partial charge >= 0.3 is 0 Å². The normalized spacial score (nSPS) is 10.1. The first-order valence-electron chi connectivity index (χ1n) is 7.05. The average molecular weight is 284 g/mol. The van der Waals surface area contributed by atoms with Crippen LogP contribution in [-0.4, -0.2) is 12.5 Å². The number of nitrogens with two attached hydrogens (primary N) is 1. The summed E-state index contributed by atoms with van der Waals surface area (Å²) in [6, 6.07) is 15.0. The second kappa shape index (κ2) is 7.33. The van der Waals surface area contributed by atoms with E-state index in [0.29, 0.717) is 18.7 Å². The van der Waals surface area contributed by atoms with Gasteiger partial charge in [0.25, 0.3) is 0 Å². The number of ether oxygens (including phenoxy) is 1. The molecule has 0 aliphatic carbocycles. The summed E-state index contributed by atoms with van der Waals surface area (Å²) in [6.45, 7) is 2.39. The molecule has 0 saturated carbocycles. The van der Waals surface area contributed by atoms with Crippen LogP contribution in [0.5, 0.6) is 5.75 Å². The lowest BCUT2D eigenvalue weighted by Crippen LogP contribution is -2.15. The first kappa shape index (κ1) is 14.9. The van der Waals surface area contributed by atoms with Crippen LogP contribution in [0.3, 0.4) is 0 Å². The van der Waals surface area contributed by atoms with Crippen molar-refractivity contribution >= 4 is 17.3 Å². The first-order valence-corrected chi connectivity index (χ1v) is 7.05. The van der Waals surface area contributed by atoms with Crippen LogP contribution in [0.25, 0.3) is 0 Å². The quantitative estimate of drug-likeness (QED) is 0.800. The molecule has 0 spiro atoms. The number of nitrogen functional groups attached to an aromatic ring is 1. The third-order valence-corrected chi connectivity index (χ3v) is 3.15. The van der Waals surface area contributed by atoms with Gasteiger partial charge in [0.2, 0.25) is 5.91 Å². The Labute approximate surface area is 124 Å². The second-order valence-corrected chi connectivity index (χ2v) is 4.73. The highest BCUT2D eigenvalue weighted by molar-refractivity contribution is 5.91. The number of anilines is 2. The molecule has 0 aromatic heterocycles. The van der Waals surface area contributed by atoms with Crippen molar-refractivity contribution in [3.05, 3.63) is 54.1 Å². The summed E-state index contributed by atoms with van der Waals surface area (Å²) in [5.41, 5.74) is 8.41. The number of carbonyl (C=O) groups excluding carboxylic acids is 1. The van der Waals surface area contributed by atoms with Crippen molar-refractivity contribution < 1.29 is 9.53 Å². The molecule has 4 heteroatoms. The van der Waals surface area contributed by atoms with Gasteiger partial charge in [-0.05, 0) is 36.2 Å². The molecule has 0 bridgehead atoms. The lowest BCUT2D eigenvalue weighted by molar-refractivity contribution is -0.116. The van der Waals surface area contributed by atoms with Gasteiger partial charge in [0.05, 0.1) is 13.0 Å². The zero-order valence-electron chi connectivity index (χ0n) is 12.1. The number of amides is 1. The van der Waals surface area contributed by atoms with Crippen molar-refractivity contribution in [1.29, 1.82) is 0 Å². The van der Waals surface area contributed by atoms with Crippen LogP contribution < -0.4 is 15.8 Å². The Morgan fingerprint density at radius 2 is 1.95 bits per heavy atom. The molecule has 110 valence electrons. The lowest BCUT2D eigenvalue weighted by Gasteiger charge is -2.09. The summed E-state index contributed by atoms with van der Waals surface area (Å²) in [5.74, 6) is 0.677. The number of carbonyl (C=O) groups is 1. The van der Waals surface area contributed by atoms with Crippen LogP contribution in [0.2, 0.25) is 0 Å². The molecule has 0 saturated heterocycles. The summed E-state index contributed by atoms with van der Waals surface area (Å²) in [4.78, 5) is 11.8. The van der Waals surface area contributed by atoms with Crippen LogP contribution in [-0.2, 0) is 11.2 Å². The fourth-order valence-electron chi connectivity index (χ4n) is 2.00. The molecule has 21 heavy (non-hydrogen) atoms. The van der Waals surface area contributed by atoms with Crippen LogP contribution in [0, 0.1) is 0 Å². The van der Waals surface area contributed by atoms with Gasteiger partial charge in [-0.25, -0.2) is 0 Å². The monoisotopic (exact) mass is 284 g/mol. The van der Waals surface area contributed by atoms with Crippen molar-refractivity contribution in [2.75, 3.05) is 17.7 Å². The van der Waals surface area contributed by atoms with Crippen LogP contribution in [0.15, 0.2) is 48.5 Å². The Morgan fingerprint density at radius 3 is 2.62 bits per heavy atom. The van der Waals surface area contributed by atoms with Gasteiger partial charge in [0, 0.05) is 11.4 Å². The van der Waals surface area contributed by atoms with E-state index in [0.717, 1.165) is 23.4 Å². The fraction of sp³-hybridized carbons (Fsp3) is 0.235. The predicted octanol–water partition coefficient (Wildman–Crippen LogP) is 3.24. The number of nitrogens with one attached hydrogen (secondary N) is 1. The molecule has 2 aromatic rings. The van der Waals surface area contributed by atoms with Gasteiger partial charge in [0.15, 0.2) is 0 Å². The Kier molecular flexibility index (Phi) is 5.21. The van der Waals surface area contributed by atoms with E-state index in [4.69, 9.17) is 10.5 Å². The molecule has 2 aromatic carbocycles. The van der Waals surface area contributed by atoms with Crippen molar-refractivity contribution in [3.8, 4) is 5.75 Å². The zero-order chi connectivity index (χ0) is 15.1. The van der Waals surface area contributed by atoms with Crippen molar-refractivity contribution in [3.63, 3.8) is 0 Å². The molecule has 0 aliphatic heterocycles. The number of benzene rings is 2. The van der Waals surface area contributed by atoms with Gasteiger partial charge in [-0.2, -0.15) is 0 Å². The molecule has 2 rings (SSSR count). The summed E-state index contributed by atoms with van der Waals surface area (Å²) < 4.78 is 5.49. The van der Waals surface area contributed by atoms with Gasteiger partial charge in [-0.15, -0.1) is 0 Å². The zero-order valence-corrected chi connectivity index (χ0v) is 12.1. The molecule has 0 atom stereocenters. The topological polar surface area (TPSA) is 64.3 Å². The Hall–Kier alpha value is -2.49. The highest BCUT2D eigenvalue weighted by Gasteiger charge is 2.05. The number of aryl methyl sites for hydroxylation is 1. The van der Waals surface area contributed by atoms with Crippen LogP contribution in [0.4, 0.5) is 11.4 Å². The van der Waals surface area contributed by atoms with E-state index in [2.05, 4.69) is 5.32 Å². The minimum Gasteiger partial charge on any atom is -0.493 e. The average Bonchev–Trinajstić information content (AvgIpc) is 2.48. The maximum atomic E-state index is 11.8. The van der Waals surface area contributed by atoms with E-state index in [1.165, 1.54) is 0 Å². The van der Waals surface area contributed by atoms with Crippen LogP contribution >= 0.6 is 0 Å². The molecule has 0 aliphatic rings. The summed E-state index contributed by atoms with van der Waals surface area (Å²) in [6.07, 6.45) is 1.18. The minimum atomic E-state index is -0.0884. The minimum absolute atomic E-state index is 0.0884. The van der Waals surface area contributed by atoms with E-state index >= 15 is 0 Å². The lowest BCUT2D eigenvalue weighted by atomic mass is 10.1. The molecule has 1 amide bonds. The fourth-order valence-corrected chi connectivity index (χ4v) is 2.00. The van der Waals surface area contributed by atoms with Gasteiger partial charge in [-0.3, -0.25) is 4.79 Å².